The number of hydrogen-bond donors (Lipinski definition) is 1. The van der Waals surface area contributed by atoms with E-state index in [4.69, 9.17) is 5.73 Å². The van der Waals surface area contributed by atoms with E-state index in [2.05, 4.69) is 25.5 Å². The van der Waals surface area contributed by atoms with Crippen LogP contribution in [0.25, 0.3) is 11.3 Å². The molecule has 98 valence electrons. The van der Waals surface area contributed by atoms with Gasteiger partial charge in [-0.25, -0.2) is 0 Å². The van der Waals surface area contributed by atoms with Gasteiger partial charge in [-0.3, -0.25) is 9.78 Å². The van der Waals surface area contributed by atoms with E-state index in [0.29, 0.717) is 5.56 Å². The summed E-state index contributed by atoms with van der Waals surface area (Å²) < 4.78 is 3.00. The molecule has 0 spiro atoms. The smallest absolute Gasteiger partial charge is 0.251 e. The molecule has 0 atom stereocenters. The number of pyridine rings is 1. The van der Waals surface area contributed by atoms with Crippen LogP contribution in [0.5, 0.6) is 0 Å². The summed E-state index contributed by atoms with van der Waals surface area (Å²) in [5.74, 6) is -0.368. The molecule has 0 fully saturated rings. The molecule has 0 radical (unpaired) electrons. The van der Waals surface area contributed by atoms with Crippen molar-refractivity contribution < 1.29 is 4.79 Å². The predicted molar refractivity (Wildman–Crippen MR) is 76.8 cm³/mol. The Bertz CT molecular complexity index is 634. The standard InChI is InChI=1S/C14H14BrN3O/c15-12-11(14(16)19)10-5-1-2-7-18(10)13(12)9-4-3-6-17-8-9/h3-4,6,8H,1-2,5,7H2,(H2,16,19). The SMILES string of the molecule is NC(=O)c1c(Br)c(-c2cccnc2)n2c1CCCC2. The number of rotatable bonds is 2. The van der Waals surface area contributed by atoms with Gasteiger partial charge >= 0.3 is 0 Å². The van der Waals surface area contributed by atoms with E-state index in [1.54, 1.807) is 6.20 Å². The zero-order valence-corrected chi connectivity index (χ0v) is 12.0. The van der Waals surface area contributed by atoms with E-state index in [0.717, 1.165) is 47.2 Å². The molecule has 4 nitrogen and oxygen atoms in total. The largest absolute Gasteiger partial charge is 0.366 e. The molecule has 2 N–H and O–H groups in total. The van der Waals surface area contributed by atoms with Crippen molar-refractivity contribution in [2.75, 3.05) is 0 Å². The van der Waals surface area contributed by atoms with Crippen molar-refractivity contribution in [1.29, 1.82) is 0 Å². The van der Waals surface area contributed by atoms with Gasteiger partial charge in [0, 0.05) is 30.2 Å². The van der Waals surface area contributed by atoms with E-state index >= 15 is 0 Å². The van der Waals surface area contributed by atoms with Gasteiger partial charge in [-0.2, -0.15) is 0 Å². The van der Waals surface area contributed by atoms with Crippen molar-refractivity contribution in [1.82, 2.24) is 9.55 Å². The number of aromatic nitrogens is 2. The third-order valence-electron chi connectivity index (χ3n) is 3.54. The number of amides is 1. The van der Waals surface area contributed by atoms with Gasteiger partial charge < -0.3 is 10.3 Å². The van der Waals surface area contributed by atoms with Crippen LogP contribution in [0.2, 0.25) is 0 Å². The molecule has 2 aromatic heterocycles. The van der Waals surface area contributed by atoms with Crippen LogP contribution in [0.1, 0.15) is 28.9 Å². The molecule has 0 saturated carbocycles. The van der Waals surface area contributed by atoms with Crippen LogP contribution in [0.4, 0.5) is 0 Å². The zero-order valence-electron chi connectivity index (χ0n) is 10.4. The van der Waals surface area contributed by atoms with Gasteiger partial charge in [0.15, 0.2) is 0 Å². The molecule has 19 heavy (non-hydrogen) atoms. The van der Waals surface area contributed by atoms with Gasteiger partial charge in [-0.1, -0.05) is 0 Å². The van der Waals surface area contributed by atoms with E-state index in [1.165, 1.54) is 0 Å². The van der Waals surface area contributed by atoms with Gasteiger partial charge in [-0.15, -0.1) is 0 Å². The number of carbonyl (C=O) groups is 1. The van der Waals surface area contributed by atoms with Crippen LogP contribution >= 0.6 is 15.9 Å². The van der Waals surface area contributed by atoms with Gasteiger partial charge in [0.1, 0.15) is 0 Å². The monoisotopic (exact) mass is 319 g/mol. The number of fused-ring (bicyclic) bond motifs is 1. The molecule has 0 saturated heterocycles. The summed E-state index contributed by atoms with van der Waals surface area (Å²) >= 11 is 3.55. The van der Waals surface area contributed by atoms with Gasteiger partial charge in [0.2, 0.25) is 0 Å². The Labute approximate surface area is 119 Å². The number of nitrogens with two attached hydrogens (primary N) is 1. The highest BCUT2D eigenvalue weighted by Crippen LogP contribution is 2.38. The molecule has 5 heteroatoms. The average molecular weight is 320 g/mol. The lowest BCUT2D eigenvalue weighted by molar-refractivity contribution is 0.0998. The first-order valence-electron chi connectivity index (χ1n) is 6.31. The second-order valence-electron chi connectivity index (χ2n) is 4.70. The third kappa shape index (κ3) is 1.98. The summed E-state index contributed by atoms with van der Waals surface area (Å²) in [7, 11) is 0. The fourth-order valence-electron chi connectivity index (χ4n) is 2.74. The molecule has 0 bridgehead atoms. The minimum Gasteiger partial charge on any atom is -0.366 e. The maximum absolute atomic E-state index is 11.7. The lowest BCUT2D eigenvalue weighted by Crippen LogP contribution is -2.17. The van der Waals surface area contributed by atoms with Crippen molar-refractivity contribution in [2.45, 2.75) is 25.8 Å². The average Bonchev–Trinajstić information content (AvgIpc) is 2.71. The lowest BCUT2D eigenvalue weighted by atomic mass is 10.1. The summed E-state index contributed by atoms with van der Waals surface area (Å²) in [6.45, 7) is 0.922. The molecule has 2 aromatic rings. The summed E-state index contributed by atoms with van der Waals surface area (Å²) in [5, 5.41) is 0. The van der Waals surface area contributed by atoms with E-state index < -0.39 is 0 Å². The number of primary amides is 1. The first-order valence-corrected chi connectivity index (χ1v) is 7.10. The fraction of sp³-hybridized carbons (Fsp3) is 0.286. The van der Waals surface area contributed by atoms with Crippen molar-refractivity contribution >= 4 is 21.8 Å². The second-order valence-corrected chi connectivity index (χ2v) is 5.49. The third-order valence-corrected chi connectivity index (χ3v) is 4.31. The van der Waals surface area contributed by atoms with Crippen molar-refractivity contribution in [2.24, 2.45) is 5.73 Å². The van der Waals surface area contributed by atoms with Crippen LogP contribution in [-0.4, -0.2) is 15.5 Å². The first kappa shape index (κ1) is 12.4. The Hall–Kier alpha value is -1.62. The van der Waals surface area contributed by atoms with Crippen molar-refractivity contribution in [3.8, 4) is 11.3 Å². The Morgan fingerprint density at radius 1 is 1.42 bits per heavy atom. The maximum Gasteiger partial charge on any atom is 0.251 e. The van der Waals surface area contributed by atoms with Crippen LogP contribution in [0, 0.1) is 0 Å². The molecule has 3 heterocycles. The minimum atomic E-state index is -0.368. The van der Waals surface area contributed by atoms with Crippen LogP contribution in [0.15, 0.2) is 29.0 Å². The highest BCUT2D eigenvalue weighted by molar-refractivity contribution is 9.10. The molecule has 3 rings (SSSR count). The normalized spacial score (nSPS) is 14.2. The number of carbonyl (C=O) groups excluding carboxylic acids is 1. The summed E-state index contributed by atoms with van der Waals surface area (Å²) in [4.78, 5) is 15.9. The second kappa shape index (κ2) is 4.81. The first-order chi connectivity index (χ1) is 9.20. The molecule has 1 aliphatic heterocycles. The minimum absolute atomic E-state index is 0.368. The summed E-state index contributed by atoms with van der Waals surface area (Å²) in [6.07, 6.45) is 6.68. The van der Waals surface area contributed by atoms with Gasteiger partial charge in [0.05, 0.1) is 15.7 Å². The summed E-state index contributed by atoms with van der Waals surface area (Å²) in [5.41, 5.74) is 9.22. The molecule has 1 aliphatic rings. The molecular weight excluding hydrogens is 306 g/mol. The van der Waals surface area contributed by atoms with Crippen LogP contribution in [-0.2, 0) is 13.0 Å². The Morgan fingerprint density at radius 2 is 2.26 bits per heavy atom. The van der Waals surface area contributed by atoms with Crippen molar-refractivity contribution in [3.05, 3.63) is 40.3 Å². The quantitative estimate of drug-likeness (QED) is 0.925. The summed E-state index contributed by atoms with van der Waals surface area (Å²) in [6, 6.07) is 3.90. The van der Waals surface area contributed by atoms with E-state index in [9.17, 15) is 4.79 Å². The molecule has 1 amide bonds. The molecule has 0 aromatic carbocycles. The van der Waals surface area contributed by atoms with E-state index in [1.807, 2.05) is 18.3 Å². The number of nitrogens with zero attached hydrogens (tertiary/aromatic N) is 2. The predicted octanol–water partition coefficient (Wildman–Crippen LogP) is 2.75. The number of hydrogen-bond acceptors (Lipinski definition) is 2. The zero-order chi connectivity index (χ0) is 13.4. The highest BCUT2D eigenvalue weighted by atomic mass is 79.9. The van der Waals surface area contributed by atoms with Gasteiger partial charge in [0.25, 0.3) is 5.91 Å². The molecular formula is C14H14BrN3O. The number of halogens is 1. The fourth-order valence-corrected chi connectivity index (χ4v) is 3.61. The Balaban J connectivity index is 2.28. The lowest BCUT2D eigenvalue weighted by Gasteiger charge is -2.18. The molecule has 0 aliphatic carbocycles. The maximum atomic E-state index is 11.7. The van der Waals surface area contributed by atoms with Crippen LogP contribution in [0.3, 0.4) is 0 Å². The highest BCUT2D eigenvalue weighted by Gasteiger charge is 2.26. The Kier molecular flexibility index (Phi) is 3.14. The molecule has 0 unspecified atom stereocenters. The Morgan fingerprint density at radius 3 is 2.95 bits per heavy atom. The van der Waals surface area contributed by atoms with Crippen molar-refractivity contribution in [3.63, 3.8) is 0 Å². The van der Waals surface area contributed by atoms with Gasteiger partial charge in [-0.05, 0) is 47.3 Å². The topological polar surface area (TPSA) is 60.9 Å². The van der Waals surface area contributed by atoms with E-state index in [-0.39, 0.29) is 5.91 Å². The van der Waals surface area contributed by atoms with Crippen LogP contribution < -0.4 is 5.73 Å².